The van der Waals surface area contributed by atoms with Crippen molar-refractivity contribution in [1.29, 1.82) is 0 Å². The highest BCUT2D eigenvalue weighted by Gasteiger charge is 2.18. The van der Waals surface area contributed by atoms with E-state index in [1.165, 1.54) is 10.7 Å². The first-order chi connectivity index (χ1) is 10.1. The molecule has 8 heteroatoms. The molecule has 1 amide bonds. The zero-order valence-electron chi connectivity index (χ0n) is 12.2. The minimum absolute atomic E-state index is 0.0419. The Bertz CT molecular complexity index is 539. The van der Waals surface area contributed by atoms with E-state index >= 15 is 0 Å². The lowest BCUT2D eigenvalue weighted by atomic mass is 10.4. The maximum Gasteiger partial charge on any atom is 0.269 e. The van der Waals surface area contributed by atoms with Gasteiger partial charge in [-0.15, -0.1) is 0 Å². The summed E-state index contributed by atoms with van der Waals surface area (Å²) in [6.07, 6.45) is 1.57. The number of hydrogen-bond acceptors (Lipinski definition) is 6. The van der Waals surface area contributed by atoms with Gasteiger partial charge >= 0.3 is 0 Å². The monoisotopic (exact) mass is 295 g/mol. The van der Waals surface area contributed by atoms with Crippen molar-refractivity contribution in [1.82, 2.24) is 14.7 Å². The maximum absolute atomic E-state index is 12.1. The molecule has 1 fully saturated rings. The zero-order valence-corrected chi connectivity index (χ0v) is 12.2. The van der Waals surface area contributed by atoms with Crippen LogP contribution in [0, 0.1) is 0 Å². The molecule has 0 unspecified atom stereocenters. The second-order valence-corrected chi connectivity index (χ2v) is 4.91. The van der Waals surface area contributed by atoms with Crippen LogP contribution >= 0.6 is 0 Å². The Labute approximate surface area is 123 Å². The molecule has 0 spiro atoms. The molecule has 0 radical (unpaired) electrons. The first-order valence-electron chi connectivity index (χ1n) is 6.95. The number of amides is 1. The summed E-state index contributed by atoms with van der Waals surface area (Å²) in [4.78, 5) is 27.6. The van der Waals surface area contributed by atoms with Crippen LogP contribution in [0.25, 0.3) is 0 Å². The van der Waals surface area contributed by atoms with Crippen molar-refractivity contribution in [2.45, 2.75) is 6.54 Å². The predicted molar refractivity (Wildman–Crippen MR) is 78.2 cm³/mol. The van der Waals surface area contributed by atoms with Crippen LogP contribution < -0.4 is 16.2 Å². The van der Waals surface area contributed by atoms with Gasteiger partial charge in [-0.2, -0.15) is 5.10 Å². The van der Waals surface area contributed by atoms with Gasteiger partial charge in [0, 0.05) is 39.3 Å². The molecule has 1 aliphatic heterocycles. The van der Waals surface area contributed by atoms with Crippen molar-refractivity contribution in [3.05, 3.63) is 22.6 Å². The SMILES string of the molecule is CN(CCN)c1cnn(CC(=O)N2CCOCC2)c(=O)c1. The number of rotatable bonds is 5. The molecule has 0 atom stereocenters. The van der Waals surface area contributed by atoms with E-state index < -0.39 is 0 Å². The number of anilines is 1. The van der Waals surface area contributed by atoms with Crippen molar-refractivity contribution in [3.8, 4) is 0 Å². The van der Waals surface area contributed by atoms with Gasteiger partial charge < -0.3 is 20.3 Å². The Hall–Kier alpha value is -1.93. The second kappa shape index (κ2) is 7.19. The Balaban J connectivity index is 2.03. The highest BCUT2D eigenvalue weighted by Crippen LogP contribution is 2.06. The summed E-state index contributed by atoms with van der Waals surface area (Å²) in [5.41, 5.74) is 5.88. The number of hydrogen-bond donors (Lipinski definition) is 1. The van der Waals surface area contributed by atoms with Crippen molar-refractivity contribution < 1.29 is 9.53 Å². The molecule has 1 saturated heterocycles. The number of carbonyl (C=O) groups excluding carboxylic acids is 1. The highest BCUT2D eigenvalue weighted by molar-refractivity contribution is 5.76. The van der Waals surface area contributed by atoms with Gasteiger partial charge in [0.15, 0.2) is 0 Å². The lowest BCUT2D eigenvalue weighted by Gasteiger charge is -2.26. The zero-order chi connectivity index (χ0) is 15.2. The number of nitrogens with zero attached hydrogens (tertiary/aromatic N) is 4. The van der Waals surface area contributed by atoms with Crippen LogP contribution in [0.5, 0.6) is 0 Å². The van der Waals surface area contributed by atoms with E-state index in [4.69, 9.17) is 10.5 Å². The number of ether oxygens (including phenoxy) is 1. The molecule has 8 nitrogen and oxygen atoms in total. The van der Waals surface area contributed by atoms with Crippen molar-refractivity contribution in [2.75, 3.05) is 51.3 Å². The van der Waals surface area contributed by atoms with Gasteiger partial charge in [-0.25, -0.2) is 4.68 Å². The van der Waals surface area contributed by atoms with Crippen molar-refractivity contribution >= 4 is 11.6 Å². The largest absolute Gasteiger partial charge is 0.378 e. The predicted octanol–water partition coefficient (Wildman–Crippen LogP) is -1.50. The number of morpholine rings is 1. The summed E-state index contributed by atoms with van der Waals surface area (Å²) in [7, 11) is 1.84. The third-order valence-electron chi connectivity index (χ3n) is 3.41. The van der Waals surface area contributed by atoms with Gasteiger partial charge in [0.05, 0.1) is 25.1 Å². The molecule has 2 N–H and O–H groups in total. The third kappa shape index (κ3) is 4.02. The molecule has 0 aromatic carbocycles. The van der Waals surface area contributed by atoms with E-state index in [-0.39, 0.29) is 18.0 Å². The van der Waals surface area contributed by atoms with Gasteiger partial charge in [0.2, 0.25) is 5.91 Å². The fourth-order valence-corrected chi connectivity index (χ4v) is 2.12. The standard InChI is InChI=1S/C13H21N5O3/c1-16(3-2-14)11-8-12(19)18(15-9-11)10-13(20)17-4-6-21-7-5-17/h8-9H,2-7,10,14H2,1H3. The molecule has 1 aromatic rings. The normalized spacial score (nSPS) is 15.0. The Kier molecular flexibility index (Phi) is 5.29. The van der Waals surface area contributed by atoms with Crippen LogP contribution in [-0.4, -0.2) is 67.0 Å². The molecular formula is C13H21N5O3. The average molecular weight is 295 g/mol. The number of aromatic nitrogens is 2. The van der Waals surface area contributed by atoms with Crippen LogP contribution in [-0.2, 0) is 16.1 Å². The number of likely N-dealkylation sites (N-methyl/N-ethyl adjacent to an activating group) is 1. The third-order valence-corrected chi connectivity index (χ3v) is 3.41. The molecule has 0 bridgehead atoms. The lowest BCUT2D eigenvalue weighted by molar-refractivity contribution is -0.136. The van der Waals surface area contributed by atoms with Crippen LogP contribution in [0.3, 0.4) is 0 Å². The smallest absolute Gasteiger partial charge is 0.269 e. The van der Waals surface area contributed by atoms with E-state index in [1.54, 1.807) is 11.1 Å². The summed E-state index contributed by atoms with van der Waals surface area (Å²) in [5, 5.41) is 4.06. The van der Waals surface area contributed by atoms with E-state index in [9.17, 15) is 9.59 Å². The van der Waals surface area contributed by atoms with Gasteiger partial charge in [0.1, 0.15) is 6.54 Å². The van der Waals surface area contributed by atoms with Gasteiger partial charge in [-0.3, -0.25) is 9.59 Å². The number of carbonyl (C=O) groups is 1. The molecule has 116 valence electrons. The van der Waals surface area contributed by atoms with Crippen LogP contribution in [0.2, 0.25) is 0 Å². The summed E-state index contributed by atoms with van der Waals surface area (Å²) in [5.74, 6) is -0.115. The fraction of sp³-hybridized carbons (Fsp3) is 0.615. The molecule has 1 aromatic heterocycles. The summed E-state index contributed by atoms with van der Waals surface area (Å²) < 4.78 is 6.37. The second-order valence-electron chi connectivity index (χ2n) is 4.91. The minimum Gasteiger partial charge on any atom is -0.378 e. The van der Waals surface area contributed by atoms with Crippen LogP contribution in [0.15, 0.2) is 17.1 Å². The molecule has 21 heavy (non-hydrogen) atoms. The fourth-order valence-electron chi connectivity index (χ4n) is 2.12. The van der Waals surface area contributed by atoms with E-state index in [2.05, 4.69) is 5.10 Å². The van der Waals surface area contributed by atoms with E-state index in [0.717, 1.165) is 0 Å². The quantitative estimate of drug-likeness (QED) is 0.710. The van der Waals surface area contributed by atoms with Gasteiger partial charge in [-0.1, -0.05) is 0 Å². The van der Waals surface area contributed by atoms with Gasteiger partial charge in [0.25, 0.3) is 5.56 Å². The Morgan fingerprint density at radius 2 is 2.19 bits per heavy atom. The molecule has 2 heterocycles. The summed E-state index contributed by atoms with van der Waals surface area (Å²) >= 11 is 0. The topological polar surface area (TPSA) is 93.7 Å². The van der Waals surface area contributed by atoms with Crippen molar-refractivity contribution in [2.24, 2.45) is 5.73 Å². The molecule has 0 aliphatic carbocycles. The summed E-state index contributed by atoms with van der Waals surface area (Å²) in [6.45, 7) is 3.29. The van der Waals surface area contributed by atoms with Crippen LogP contribution in [0.1, 0.15) is 0 Å². The molecule has 0 saturated carbocycles. The van der Waals surface area contributed by atoms with Crippen LogP contribution in [0.4, 0.5) is 5.69 Å². The molecule has 1 aliphatic rings. The minimum atomic E-state index is -0.294. The summed E-state index contributed by atoms with van der Waals surface area (Å²) in [6, 6.07) is 1.47. The highest BCUT2D eigenvalue weighted by atomic mass is 16.5. The maximum atomic E-state index is 12.1. The first kappa shape index (κ1) is 15.5. The molecular weight excluding hydrogens is 274 g/mol. The van der Waals surface area contributed by atoms with Gasteiger partial charge in [-0.05, 0) is 0 Å². The van der Waals surface area contributed by atoms with E-state index in [0.29, 0.717) is 45.1 Å². The van der Waals surface area contributed by atoms with E-state index in [1.807, 2.05) is 11.9 Å². The average Bonchev–Trinajstić information content (AvgIpc) is 2.50. The molecule has 2 rings (SSSR count). The Morgan fingerprint density at radius 3 is 2.81 bits per heavy atom. The Morgan fingerprint density at radius 1 is 1.48 bits per heavy atom. The first-order valence-corrected chi connectivity index (χ1v) is 6.95. The van der Waals surface area contributed by atoms with Crippen molar-refractivity contribution in [3.63, 3.8) is 0 Å². The lowest BCUT2D eigenvalue weighted by Crippen LogP contribution is -2.43. The number of nitrogens with two attached hydrogens (primary N) is 1.